The van der Waals surface area contributed by atoms with Gasteiger partial charge in [-0.2, -0.15) is 0 Å². The Morgan fingerprint density at radius 1 is 1.26 bits per heavy atom. The van der Waals surface area contributed by atoms with Crippen molar-refractivity contribution in [3.63, 3.8) is 0 Å². The number of carboxylic acids is 1. The third-order valence-electron chi connectivity index (χ3n) is 2.13. The van der Waals surface area contributed by atoms with Crippen LogP contribution in [0.1, 0.15) is 21.0 Å². The van der Waals surface area contributed by atoms with E-state index < -0.39 is 17.6 Å². The minimum atomic E-state index is -1.31. The van der Waals surface area contributed by atoms with E-state index >= 15 is 0 Å². The van der Waals surface area contributed by atoms with Crippen LogP contribution in [0.4, 0.5) is 5.69 Å². The lowest BCUT2D eigenvalue weighted by Gasteiger charge is -2.05. The predicted octanol–water partition coefficient (Wildman–Crippen LogP) is 2.93. The van der Waals surface area contributed by atoms with Crippen molar-refractivity contribution in [2.75, 3.05) is 5.32 Å². The second-order valence-corrected chi connectivity index (χ2v) is 4.30. The Hall–Kier alpha value is -2.05. The van der Waals surface area contributed by atoms with Gasteiger partial charge in [0.25, 0.3) is 5.91 Å². The molecule has 1 aromatic carbocycles. The number of aromatic carboxylic acids is 1. The number of nitrogens with one attached hydrogen (secondary N) is 1. The van der Waals surface area contributed by atoms with Crippen molar-refractivity contribution in [2.24, 2.45) is 0 Å². The number of hydrogen-bond acceptors (Lipinski definition) is 4. The number of aromatic nitrogens is 1. The Morgan fingerprint density at radius 2 is 2.00 bits per heavy atom. The van der Waals surface area contributed by atoms with Gasteiger partial charge in [0.05, 0.1) is 10.7 Å². The molecule has 1 heterocycles. The van der Waals surface area contributed by atoms with Crippen molar-refractivity contribution in [3.8, 4) is 0 Å². The second kappa shape index (κ2) is 5.29. The highest BCUT2D eigenvalue weighted by Crippen LogP contribution is 2.25. The van der Waals surface area contributed by atoms with Crippen molar-refractivity contribution in [2.45, 2.75) is 0 Å². The third kappa shape index (κ3) is 3.04. The minimum Gasteiger partial charge on any atom is -0.475 e. The fourth-order valence-electron chi connectivity index (χ4n) is 1.26. The van der Waals surface area contributed by atoms with Gasteiger partial charge in [-0.1, -0.05) is 28.4 Å². The summed E-state index contributed by atoms with van der Waals surface area (Å²) in [5.41, 5.74) is 0.166. The quantitative estimate of drug-likeness (QED) is 0.909. The number of nitrogens with zero attached hydrogens (tertiary/aromatic N) is 1. The average Bonchev–Trinajstić information content (AvgIpc) is 2.82. The molecule has 0 fully saturated rings. The summed E-state index contributed by atoms with van der Waals surface area (Å²) in [6, 6.07) is 5.54. The maximum atomic E-state index is 11.8. The number of hydrogen-bond donors (Lipinski definition) is 2. The SMILES string of the molecule is O=C(Nc1ccc(Cl)cc1Cl)c1cc(C(=O)O)on1. The Balaban J connectivity index is 2.18. The maximum absolute atomic E-state index is 11.8. The highest BCUT2D eigenvalue weighted by molar-refractivity contribution is 6.36. The van der Waals surface area contributed by atoms with Crippen molar-refractivity contribution in [1.82, 2.24) is 5.16 Å². The van der Waals surface area contributed by atoms with Crippen LogP contribution in [-0.4, -0.2) is 22.1 Å². The number of carbonyl (C=O) groups is 2. The van der Waals surface area contributed by atoms with Crippen LogP contribution >= 0.6 is 23.2 Å². The van der Waals surface area contributed by atoms with E-state index in [1.165, 1.54) is 12.1 Å². The number of halogens is 2. The average molecular weight is 301 g/mol. The van der Waals surface area contributed by atoms with Gasteiger partial charge in [-0.25, -0.2) is 4.79 Å². The summed E-state index contributed by atoms with van der Waals surface area (Å²) in [6.45, 7) is 0. The number of anilines is 1. The molecule has 2 aromatic rings. The van der Waals surface area contributed by atoms with Crippen LogP contribution in [0.3, 0.4) is 0 Å². The van der Waals surface area contributed by atoms with Crippen LogP contribution in [-0.2, 0) is 0 Å². The molecule has 0 aliphatic rings. The number of carbonyl (C=O) groups excluding carboxylic acids is 1. The normalized spacial score (nSPS) is 10.2. The van der Waals surface area contributed by atoms with E-state index in [-0.39, 0.29) is 10.7 Å². The summed E-state index contributed by atoms with van der Waals surface area (Å²) in [5, 5.41) is 15.1. The lowest BCUT2D eigenvalue weighted by atomic mass is 10.3. The Kier molecular flexibility index (Phi) is 3.73. The van der Waals surface area contributed by atoms with Gasteiger partial charge in [0.15, 0.2) is 5.69 Å². The van der Waals surface area contributed by atoms with E-state index in [9.17, 15) is 9.59 Å². The standard InChI is InChI=1S/C11H6Cl2N2O4/c12-5-1-2-7(6(13)3-5)14-10(16)8-4-9(11(17)18)19-15-8/h1-4H,(H,14,16)(H,17,18). The van der Waals surface area contributed by atoms with E-state index in [2.05, 4.69) is 15.0 Å². The molecule has 6 nitrogen and oxygen atoms in total. The predicted molar refractivity (Wildman–Crippen MR) is 67.9 cm³/mol. The van der Waals surface area contributed by atoms with Gasteiger partial charge in [0, 0.05) is 11.1 Å². The van der Waals surface area contributed by atoms with Crippen molar-refractivity contribution in [1.29, 1.82) is 0 Å². The minimum absolute atomic E-state index is 0.164. The maximum Gasteiger partial charge on any atom is 0.374 e. The molecular weight excluding hydrogens is 295 g/mol. The zero-order valence-electron chi connectivity index (χ0n) is 9.18. The van der Waals surface area contributed by atoms with Crippen LogP contribution in [0.25, 0.3) is 0 Å². The lowest BCUT2D eigenvalue weighted by molar-refractivity contribution is 0.0651. The summed E-state index contributed by atoms with van der Waals surface area (Å²) in [4.78, 5) is 22.4. The van der Waals surface area contributed by atoms with Crippen molar-refractivity contribution >= 4 is 40.8 Å². The van der Waals surface area contributed by atoms with Gasteiger partial charge in [0.2, 0.25) is 5.76 Å². The van der Waals surface area contributed by atoms with Gasteiger partial charge in [0.1, 0.15) is 0 Å². The summed E-state index contributed by atoms with van der Waals surface area (Å²) in [5.74, 6) is -2.37. The van der Waals surface area contributed by atoms with Gasteiger partial charge < -0.3 is 14.9 Å². The smallest absolute Gasteiger partial charge is 0.374 e. The third-order valence-corrected chi connectivity index (χ3v) is 2.68. The molecule has 0 aliphatic carbocycles. The number of amides is 1. The first-order valence-electron chi connectivity index (χ1n) is 4.94. The van der Waals surface area contributed by atoms with Gasteiger partial charge in [-0.3, -0.25) is 4.79 Å². The molecule has 1 amide bonds. The first-order chi connectivity index (χ1) is 8.97. The van der Waals surface area contributed by atoms with Crippen LogP contribution in [0.15, 0.2) is 28.8 Å². The molecule has 19 heavy (non-hydrogen) atoms. The monoisotopic (exact) mass is 300 g/mol. The number of rotatable bonds is 3. The molecular formula is C11H6Cl2N2O4. The van der Waals surface area contributed by atoms with E-state index in [0.717, 1.165) is 6.07 Å². The number of benzene rings is 1. The van der Waals surface area contributed by atoms with Crippen molar-refractivity contribution < 1.29 is 19.2 Å². The fourth-order valence-corrected chi connectivity index (χ4v) is 1.72. The van der Waals surface area contributed by atoms with Gasteiger partial charge in [-0.15, -0.1) is 0 Å². The van der Waals surface area contributed by atoms with E-state index in [4.69, 9.17) is 28.3 Å². The summed E-state index contributed by atoms with van der Waals surface area (Å²) >= 11 is 11.6. The first kappa shape index (κ1) is 13.4. The van der Waals surface area contributed by atoms with Crippen molar-refractivity contribution in [3.05, 3.63) is 45.8 Å². The molecule has 8 heteroatoms. The molecule has 0 saturated heterocycles. The zero-order valence-corrected chi connectivity index (χ0v) is 10.7. The lowest BCUT2D eigenvalue weighted by Crippen LogP contribution is -2.12. The number of carboxylic acid groups (broad SMARTS) is 1. The highest BCUT2D eigenvalue weighted by atomic mass is 35.5. The molecule has 2 rings (SSSR count). The van der Waals surface area contributed by atoms with Crippen LogP contribution in [0.5, 0.6) is 0 Å². The highest BCUT2D eigenvalue weighted by Gasteiger charge is 2.17. The summed E-state index contributed by atoms with van der Waals surface area (Å²) in [7, 11) is 0. The molecule has 0 atom stereocenters. The molecule has 0 saturated carbocycles. The molecule has 0 radical (unpaired) electrons. The van der Waals surface area contributed by atoms with Crippen LogP contribution in [0.2, 0.25) is 10.0 Å². The van der Waals surface area contributed by atoms with Gasteiger partial charge in [-0.05, 0) is 18.2 Å². The van der Waals surface area contributed by atoms with E-state index in [0.29, 0.717) is 10.7 Å². The van der Waals surface area contributed by atoms with Gasteiger partial charge >= 0.3 is 5.97 Å². The molecule has 0 bridgehead atoms. The zero-order chi connectivity index (χ0) is 14.0. The summed E-state index contributed by atoms with van der Waals surface area (Å²) < 4.78 is 4.47. The van der Waals surface area contributed by atoms with E-state index in [1.807, 2.05) is 0 Å². The molecule has 0 spiro atoms. The second-order valence-electron chi connectivity index (χ2n) is 3.46. The molecule has 2 N–H and O–H groups in total. The largest absolute Gasteiger partial charge is 0.475 e. The van der Waals surface area contributed by atoms with Crippen LogP contribution < -0.4 is 5.32 Å². The Bertz CT molecular complexity index is 654. The Morgan fingerprint density at radius 3 is 2.58 bits per heavy atom. The molecule has 1 aromatic heterocycles. The first-order valence-corrected chi connectivity index (χ1v) is 5.69. The Labute approximate surface area is 116 Å². The molecule has 0 unspecified atom stereocenters. The topological polar surface area (TPSA) is 92.4 Å². The molecule has 98 valence electrons. The van der Waals surface area contributed by atoms with Crippen LogP contribution in [0, 0.1) is 0 Å². The van der Waals surface area contributed by atoms with E-state index in [1.54, 1.807) is 6.07 Å². The summed E-state index contributed by atoms with van der Waals surface area (Å²) in [6.07, 6.45) is 0. The fraction of sp³-hybridized carbons (Fsp3) is 0. The molecule has 0 aliphatic heterocycles.